The SMILES string of the molecule is NCC#Cc1cc(Cl)ccc1NC(=O)CC(F)(F)F. The zero-order chi connectivity index (χ0) is 14.5. The van der Waals surface area contributed by atoms with Gasteiger partial charge in [-0.1, -0.05) is 23.4 Å². The molecule has 1 aromatic carbocycles. The van der Waals surface area contributed by atoms with Crippen LogP contribution < -0.4 is 11.1 Å². The lowest BCUT2D eigenvalue weighted by molar-refractivity contribution is -0.150. The average Bonchev–Trinajstić information content (AvgIpc) is 2.27. The minimum atomic E-state index is -4.56. The Bertz CT molecular complexity index is 532. The summed E-state index contributed by atoms with van der Waals surface area (Å²) in [6.45, 7) is 0.0858. The Morgan fingerprint density at radius 3 is 2.68 bits per heavy atom. The first kappa shape index (κ1) is 15.3. The highest BCUT2D eigenvalue weighted by atomic mass is 35.5. The molecule has 0 heterocycles. The second kappa shape index (κ2) is 6.45. The Kier molecular flexibility index (Phi) is 5.21. The van der Waals surface area contributed by atoms with Gasteiger partial charge in [-0.05, 0) is 18.2 Å². The van der Waals surface area contributed by atoms with Crippen LogP contribution in [0.3, 0.4) is 0 Å². The molecule has 0 radical (unpaired) electrons. The fourth-order valence-corrected chi connectivity index (χ4v) is 1.42. The van der Waals surface area contributed by atoms with Gasteiger partial charge >= 0.3 is 6.18 Å². The molecule has 0 atom stereocenters. The van der Waals surface area contributed by atoms with Gasteiger partial charge in [-0.25, -0.2) is 0 Å². The summed E-state index contributed by atoms with van der Waals surface area (Å²) < 4.78 is 36.1. The van der Waals surface area contributed by atoms with E-state index in [-0.39, 0.29) is 12.2 Å². The minimum Gasteiger partial charge on any atom is -0.325 e. The van der Waals surface area contributed by atoms with Crippen LogP contribution in [-0.2, 0) is 4.79 Å². The summed E-state index contributed by atoms with van der Waals surface area (Å²) in [6, 6.07) is 4.27. The molecular formula is C12H10ClF3N2O. The van der Waals surface area contributed by atoms with Gasteiger partial charge in [0, 0.05) is 10.6 Å². The zero-order valence-electron chi connectivity index (χ0n) is 9.64. The second-order valence-electron chi connectivity index (χ2n) is 3.54. The van der Waals surface area contributed by atoms with Crippen molar-refractivity contribution in [1.82, 2.24) is 0 Å². The van der Waals surface area contributed by atoms with E-state index in [1.54, 1.807) is 0 Å². The van der Waals surface area contributed by atoms with Gasteiger partial charge in [0.05, 0.1) is 12.2 Å². The molecule has 7 heteroatoms. The molecule has 0 bridgehead atoms. The molecular weight excluding hydrogens is 281 g/mol. The highest BCUT2D eigenvalue weighted by Gasteiger charge is 2.31. The van der Waals surface area contributed by atoms with Crippen molar-refractivity contribution >= 4 is 23.2 Å². The van der Waals surface area contributed by atoms with Crippen LogP contribution in [0.1, 0.15) is 12.0 Å². The molecule has 3 N–H and O–H groups in total. The van der Waals surface area contributed by atoms with Crippen LogP contribution in [0.2, 0.25) is 5.02 Å². The molecule has 0 aliphatic carbocycles. The number of halogens is 4. The maximum Gasteiger partial charge on any atom is 0.397 e. The second-order valence-corrected chi connectivity index (χ2v) is 3.97. The first-order valence-corrected chi connectivity index (χ1v) is 5.54. The predicted molar refractivity (Wildman–Crippen MR) is 66.7 cm³/mol. The Hall–Kier alpha value is -1.71. The number of anilines is 1. The van der Waals surface area contributed by atoms with E-state index in [9.17, 15) is 18.0 Å². The van der Waals surface area contributed by atoms with E-state index in [2.05, 4.69) is 17.2 Å². The molecule has 0 saturated carbocycles. The number of amides is 1. The third kappa shape index (κ3) is 5.64. The Morgan fingerprint density at radius 1 is 1.42 bits per heavy atom. The van der Waals surface area contributed by atoms with Crippen molar-refractivity contribution in [1.29, 1.82) is 0 Å². The van der Waals surface area contributed by atoms with Crippen molar-refractivity contribution in [2.24, 2.45) is 5.73 Å². The molecule has 0 unspecified atom stereocenters. The first-order valence-electron chi connectivity index (χ1n) is 5.17. The Balaban J connectivity index is 2.91. The van der Waals surface area contributed by atoms with E-state index in [1.165, 1.54) is 18.2 Å². The molecule has 0 aliphatic rings. The van der Waals surface area contributed by atoms with Crippen LogP contribution in [0.15, 0.2) is 18.2 Å². The van der Waals surface area contributed by atoms with E-state index in [0.717, 1.165) is 0 Å². The number of carbonyl (C=O) groups excluding carboxylic acids is 1. The molecule has 0 fully saturated rings. The van der Waals surface area contributed by atoms with Crippen molar-refractivity contribution in [3.05, 3.63) is 28.8 Å². The molecule has 1 rings (SSSR count). The topological polar surface area (TPSA) is 55.1 Å². The number of rotatable bonds is 2. The van der Waals surface area contributed by atoms with E-state index < -0.39 is 18.5 Å². The lowest BCUT2D eigenvalue weighted by Crippen LogP contribution is -2.21. The molecule has 0 saturated heterocycles. The van der Waals surface area contributed by atoms with Gasteiger partial charge in [-0.3, -0.25) is 4.79 Å². The summed E-state index contributed by atoms with van der Waals surface area (Å²) >= 11 is 5.75. The van der Waals surface area contributed by atoms with Gasteiger partial charge in [-0.15, -0.1) is 0 Å². The number of nitrogens with two attached hydrogens (primary N) is 1. The third-order valence-corrected chi connectivity index (χ3v) is 2.18. The molecule has 1 amide bonds. The predicted octanol–water partition coefficient (Wildman–Crippen LogP) is 2.54. The molecule has 0 aromatic heterocycles. The molecule has 3 nitrogen and oxygen atoms in total. The first-order chi connectivity index (χ1) is 8.81. The van der Waals surface area contributed by atoms with Gasteiger partial charge in [0.1, 0.15) is 6.42 Å². The third-order valence-electron chi connectivity index (χ3n) is 1.94. The Morgan fingerprint density at radius 2 is 2.11 bits per heavy atom. The van der Waals surface area contributed by atoms with Crippen LogP contribution in [0.25, 0.3) is 0 Å². The summed E-state index contributed by atoms with van der Waals surface area (Å²) in [5, 5.41) is 2.50. The van der Waals surface area contributed by atoms with E-state index >= 15 is 0 Å². The maximum atomic E-state index is 12.0. The van der Waals surface area contributed by atoms with Crippen molar-refractivity contribution < 1.29 is 18.0 Å². The van der Waals surface area contributed by atoms with Crippen molar-refractivity contribution in [2.75, 3.05) is 11.9 Å². The highest BCUT2D eigenvalue weighted by Crippen LogP contribution is 2.23. The van der Waals surface area contributed by atoms with Crippen LogP contribution in [-0.4, -0.2) is 18.6 Å². The van der Waals surface area contributed by atoms with Crippen LogP contribution in [0, 0.1) is 11.8 Å². The summed E-state index contributed by atoms with van der Waals surface area (Å²) in [6.07, 6.45) is -6.11. The number of hydrogen-bond donors (Lipinski definition) is 2. The summed E-state index contributed by atoms with van der Waals surface area (Å²) in [5.41, 5.74) is 5.69. The lowest BCUT2D eigenvalue weighted by atomic mass is 10.1. The largest absolute Gasteiger partial charge is 0.397 e. The molecule has 102 valence electrons. The summed E-state index contributed by atoms with van der Waals surface area (Å²) in [7, 11) is 0. The highest BCUT2D eigenvalue weighted by molar-refractivity contribution is 6.30. The molecule has 0 aliphatic heterocycles. The minimum absolute atomic E-state index is 0.0858. The van der Waals surface area contributed by atoms with E-state index in [4.69, 9.17) is 17.3 Å². The summed E-state index contributed by atoms with van der Waals surface area (Å²) in [4.78, 5) is 11.2. The number of alkyl halides is 3. The average molecular weight is 291 g/mol. The fraction of sp³-hybridized carbons (Fsp3) is 0.250. The standard InChI is InChI=1S/C12H10ClF3N2O/c13-9-3-4-10(8(6-9)2-1-5-17)18-11(19)7-12(14,15)16/h3-4,6H,5,7,17H2,(H,18,19). The normalized spacial score (nSPS) is 10.6. The quantitative estimate of drug-likeness (QED) is 0.823. The molecule has 19 heavy (non-hydrogen) atoms. The zero-order valence-corrected chi connectivity index (χ0v) is 10.4. The fourth-order valence-electron chi connectivity index (χ4n) is 1.25. The van der Waals surface area contributed by atoms with Crippen molar-refractivity contribution in [3.8, 4) is 11.8 Å². The number of hydrogen-bond acceptors (Lipinski definition) is 2. The Labute approximate surface area is 112 Å². The van der Waals surface area contributed by atoms with E-state index in [0.29, 0.717) is 10.6 Å². The maximum absolute atomic E-state index is 12.0. The van der Waals surface area contributed by atoms with Crippen LogP contribution >= 0.6 is 11.6 Å². The van der Waals surface area contributed by atoms with Gasteiger partial charge in [0.25, 0.3) is 0 Å². The van der Waals surface area contributed by atoms with Gasteiger partial charge in [-0.2, -0.15) is 13.2 Å². The van der Waals surface area contributed by atoms with Crippen LogP contribution in [0.4, 0.5) is 18.9 Å². The van der Waals surface area contributed by atoms with Crippen molar-refractivity contribution in [2.45, 2.75) is 12.6 Å². The number of benzene rings is 1. The summed E-state index contributed by atoms with van der Waals surface area (Å²) in [5.74, 6) is 4.00. The van der Waals surface area contributed by atoms with Crippen LogP contribution in [0.5, 0.6) is 0 Å². The van der Waals surface area contributed by atoms with Gasteiger partial charge in [0.2, 0.25) is 5.91 Å². The molecule has 0 spiro atoms. The monoisotopic (exact) mass is 290 g/mol. The van der Waals surface area contributed by atoms with Crippen molar-refractivity contribution in [3.63, 3.8) is 0 Å². The lowest BCUT2D eigenvalue weighted by Gasteiger charge is -2.09. The van der Waals surface area contributed by atoms with E-state index in [1.807, 2.05) is 0 Å². The number of carbonyl (C=O) groups is 1. The van der Waals surface area contributed by atoms with Gasteiger partial charge < -0.3 is 11.1 Å². The molecule has 1 aromatic rings. The smallest absolute Gasteiger partial charge is 0.325 e. The van der Waals surface area contributed by atoms with Gasteiger partial charge in [0.15, 0.2) is 0 Å². The number of nitrogens with one attached hydrogen (secondary N) is 1.